The van der Waals surface area contributed by atoms with Crippen LogP contribution in [0, 0.1) is 0 Å². The average molecular weight is 207 g/mol. The zero-order valence-electron chi connectivity index (χ0n) is 8.90. The van der Waals surface area contributed by atoms with Crippen LogP contribution in [0.4, 0.5) is 0 Å². The molecule has 15 heavy (non-hydrogen) atoms. The van der Waals surface area contributed by atoms with Crippen molar-refractivity contribution >= 4 is 13.8 Å². The molecule has 0 spiro atoms. The van der Waals surface area contributed by atoms with Gasteiger partial charge in [-0.05, 0) is 5.56 Å². The lowest BCUT2D eigenvalue weighted by Gasteiger charge is -2.11. The van der Waals surface area contributed by atoms with E-state index in [1.165, 1.54) is 0 Å². The number of carbonyl (C=O) groups excluding carboxylic acids is 1. The summed E-state index contributed by atoms with van der Waals surface area (Å²) in [6.45, 7) is 0.275. The largest absolute Gasteiger partial charge is 0.459 e. The monoisotopic (exact) mass is 207 g/mol. The van der Waals surface area contributed by atoms with Crippen LogP contribution < -0.4 is 5.48 Å². The zero-order chi connectivity index (χ0) is 11.1. The first-order chi connectivity index (χ1) is 7.24. The van der Waals surface area contributed by atoms with E-state index in [9.17, 15) is 4.79 Å². The number of nitrogens with one attached hydrogen (secondary N) is 1. The van der Waals surface area contributed by atoms with Gasteiger partial charge in [0.25, 0.3) is 0 Å². The molecule has 1 N–H and O–H groups in total. The molecule has 0 fully saturated rings. The number of hydrogen-bond acceptors (Lipinski definition) is 4. The summed E-state index contributed by atoms with van der Waals surface area (Å²) in [5.74, 6) is -0.381. The van der Waals surface area contributed by atoms with Gasteiger partial charge in [0.2, 0.25) is 0 Å². The first kappa shape index (κ1) is 11.7. The number of esters is 1. The fourth-order valence-corrected chi connectivity index (χ4v) is 1.07. The minimum Gasteiger partial charge on any atom is -0.459 e. The van der Waals surface area contributed by atoms with E-state index in [0.29, 0.717) is 0 Å². The first-order valence-electron chi connectivity index (χ1n) is 4.77. The quantitative estimate of drug-likeness (QED) is 0.414. The third kappa shape index (κ3) is 4.14. The highest BCUT2D eigenvalue weighted by atomic mass is 16.7. The molecule has 0 bridgehead atoms. The third-order valence-corrected chi connectivity index (χ3v) is 1.85. The Labute approximate surface area is 89.9 Å². The van der Waals surface area contributed by atoms with Gasteiger partial charge in [-0.15, -0.1) is 0 Å². The molecular formula is C10H14BNO3. The van der Waals surface area contributed by atoms with Crippen LogP contribution in [0.2, 0.25) is 0 Å². The van der Waals surface area contributed by atoms with Crippen LogP contribution in [0.1, 0.15) is 5.56 Å². The summed E-state index contributed by atoms with van der Waals surface area (Å²) in [6, 6.07) is 8.91. The highest BCUT2D eigenvalue weighted by Crippen LogP contribution is 2.01. The molecule has 0 aliphatic carbocycles. The maximum Gasteiger partial charge on any atom is 0.328 e. The number of ether oxygens (including phenoxy) is 1. The van der Waals surface area contributed by atoms with E-state index >= 15 is 0 Å². The molecule has 1 rings (SSSR count). The molecule has 0 aromatic heterocycles. The summed E-state index contributed by atoms with van der Waals surface area (Å²) in [4.78, 5) is 16.2. The number of hydrogen-bond donors (Lipinski definition) is 1. The maximum atomic E-state index is 11.3. The van der Waals surface area contributed by atoms with E-state index in [4.69, 9.17) is 9.57 Å². The zero-order valence-corrected chi connectivity index (χ0v) is 8.90. The Morgan fingerprint density at radius 2 is 2.13 bits per heavy atom. The smallest absolute Gasteiger partial charge is 0.328 e. The first-order valence-corrected chi connectivity index (χ1v) is 4.77. The molecule has 5 heteroatoms. The lowest BCUT2D eigenvalue weighted by atomic mass is 10.0. The van der Waals surface area contributed by atoms with Crippen LogP contribution >= 0.6 is 0 Å². The van der Waals surface area contributed by atoms with Crippen molar-refractivity contribution in [3.05, 3.63) is 35.9 Å². The SMILES string of the molecule is BC(ONC)C(=O)OCc1ccccc1. The summed E-state index contributed by atoms with van der Waals surface area (Å²) in [5, 5.41) is 0. The Bertz CT molecular complexity index is 305. The second-order valence-electron chi connectivity index (χ2n) is 3.06. The topological polar surface area (TPSA) is 47.6 Å². The normalized spacial score (nSPS) is 12.1. The van der Waals surface area contributed by atoms with Crippen LogP contribution in [0.5, 0.6) is 0 Å². The second kappa shape index (κ2) is 6.21. The molecule has 4 nitrogen and oxygen atoms in total. The van der Waals surface area contributed by atoms with E-state index in [0.717, 1.165) is 5.56 Å². The second-order valence-corrected chi connectivity index (χ2v) is 3.06. The molecule has 0 amide bonds. The van der Waals surface area contributed by atoms with Gasteiger partial charge in [0.1, 0.15) is 12.6 Å². The van der Waals surface area contributed by atoms with Crippen molar-refractivity contribution in [1.82, 2.24) is 5.48 Å². The maximum absolute atomic E-state index is 11.3. The Kier molecular flexibility index (Phi) is 4.87. The summed E-state index contributed by atoms with van der Waals surface area (Å²) in [5.41, 5.74) is 3.41. The molecule has 0 radical (unpaired) electrons. The Morgan fingerprint density at radius 3 is 2.73 bits per heavy atom. The fourth-order valence-electron chi connectivity index (χ4n) is 1.07. The van der Waals surface area contributed by atoms with Crippen molar-refractivity contribution in [2.45, 2.75) is 12.6 Å². The molecule has 0 saturated heterocycles. The summed E-state index contributed by atoms with van der Waals surface area (Å²) >= 11 is 0. The van der Waals surface area contributed by atoms with Crippen molar-refractivity contribution in [3.63, 3.8) is 0 Å². The lowest BCUT2D eigenvalue weighted by Crippen LogP contribution is -2.31. The summed E-state index contributed by atoms with van der Waals surface area (Å²) in [6.07, 6.45) is 0. The van der Waals surface area contributed by atoms with E-state index in [1.807, 2.05) is 30.3 Å². The molecular weight excluding hydrogens is 193 g/mol. The molecule has 80 valence electrons. The molecule has 1 atom stereocenters. The van der Waals surface area contributed by atoms with Gasteiger partial charge >= 0.3 is 5.97 Å². The Morgan fingerprint density at radius 1 is 1.47 bits per heavy atom. The Hall–Kier alpha value is -1.33. The van der Waals surface area contributed by atoms with E-state index < -0.39 is 6.00 Å². The highest BCUT2D eigenvalue weighted by Gasteiger charge is 2.14. The standard InChI is InChI=1S/C10H14BNO3/c1-12-15-9(11)10(13)14-7-8-5-3-2-4-6-8/h2-6,9,12H,7,11H2,1H3. The molecule has 0 heterocycles. The van der Waals surface area contributed by atoms with Gasteiger partial charge in [-0.2, -0.15) is 0 Å². The van der Waals surface area contributed by atoms with Crippen molar-refractivity contribution in [2.24, 2.45) is 0 Å². The molecule has 0 saturated carbocycles. The average Bonchev–Trinajstić information content (AvgIpc) is 2.27. The fraction of sp³-hybridized carbons (Fsp3) is 0.300. The van der Waals surface area contributed by atoms with E-state index in [-0.39, 0.29) is 12.6 Å². The van der Waals surface area contributed by atoms with Crippen LogP contribution in [0.15, 0.2) is 30.3 Å². The van der Waals surface area contributed by atoms with Gasteiger partial charge in [-0.3, -0.25) is 9.63 Å². The Balaban J connectivity index is 2.34. The van der Waals surface area contributed by atoms with Crippen LogP contribution in [-0.4, -0.2) is 26.9 Å². The molecule has 1 aromatic rings. The van der Waals surface area contributed by atoms with Crippen molar-refractivity contribution in [3.8, 4) is 0 Å². The lowest BCUT2D eigenvalue weighted by molar-refractivity contribution is -0.156. The molecule has 0 aliphatic heterocycles. The predicted molar refractivity (Wildman–Crippen MR) is 58.7 cm³/mol. The number of carbonyl (C=O) groups is 1. The van der Waals surface area contributed by atoms with Gasteiger partial charge in [0, 0.05) is 7.05 Å². The van der Waals surface area contributed by atoms with Gasteiger partial charge in [0.05, 0.1) is 0 Å². The minimum atomic E-state index is -0.598. The minimum absolute atomic E-state index is 0.275. The number of hydroxylamine groups is 1. The number of rotatable bonds is 5. The van der Waals surface area contributed by atoms with E-state index in [1.54, 1.807) is 14.9 Å². The number of benzene rings is 1. The summed E-state index contributed by atoms with van der Waals surface area (Å²) < 4.78 is 5.04. The predicted octanol–water partition coefficient (Wildman–Crippen LogP) is -0.160. The highest BCUT2D eigenvalue weighted by molar-refractivity contribution is 6.21. The third-order valence-electron chi connectivity index (χ3n) is 1.85. The van der Waals surface area contributed by atoms with Crippen molar-refractivity contribution in [2.75, 3.05) is 7.05 Å². The van der Waals surface area contributed by atoms with Gasteiger partial charge in [0.15, 0.2) is 7.85 Å². The molecule has 0 aliphatic rings. The molecule has 1 aromatic carbocycles. The summed E-state index contributed by atoms with van der Waals surface area (Å²) in [7, 11) is 3.23. The van der Waals surface area contributed by atoms with Gasteiger partial charge in [-0.1, -0.05) is 30.3 Å². The van der Waals surface area contributed by atoms with Gasteiger partial charge < -0.3 is 4.74 Å². The molecule has 1 unspecified atom stereocenters. The van der Waals surface area contributed by atoms with Gasteiger partial charge in [-0.25, -0.2) is 5.48 Å². The van der Waals surface area contributed by atoms with Crippen LogP contribution in [-0.2, 0) is 21.0 Å². The van der Waals surface area contributed by atoms with Crippen LogP contribution in [0.3, 0.4) is 0 Å². The van der Waals surface area contributed by atoms with E-state index in [2.05, 4.69) is 5.48 Å². The van der Waals surface area contributed by atoms with Crippen LogP contribution in [0.25, 0.3) is 0 Å². The van der Waals surface area contributed by atoms with Crippen molar-refractivity contribution in [1.29, 1.82) is 0 Å². The van der Waals surface area contributed by atoms with Crippen molar-refractivity contribution < 1.29 is 14.4 Å².